The lowest BCUT2D eigenvalue weighted by molar-refractivity contribution is 0.100. The Labute approximate surface area is 126 Å². The molecule has 5 nitrogen and oxygen atoms in total. The lowest BCUT2D eigenvalue weighted by Crippen LogP contribution is -2.10. The highest BCUT2D eigenvalue weighted by Crippen LogP contribution is 2.31. The van der Waals surface area contributed by atoms with Crippen molar-refractivity contribution in [1.82, 2.24) is 14.5 Å². The normalized spacial score (nSPS) is 11.3. The Hall–Kier alpha value is -3.08. The van der Waals surface area contributed by atoms with Gasteiger partial charge in [-0.1, -0.05) is 0 Å². The number of aromatic nitrogens is 3. The zero-order valence-corrected chi connectivity index (χ0v) is 12.0. The summed E-state index contributed by atoms with van der Waals surface area (Å²) >= 11 is 0. The second-order valence-corrected chi connectivity index (χ2v) is 5.37. The molecule has 0 bridgehead atoms. The van der Waals surface area contributed by atoms with E-state index >= 15 is 0 Å². The van der Waals surface area contributed by atoms with E-state index in [1.165, 1.54) is 0 Å². The predicted molar refractivity (Wildman–Crippen MR) is 86.5 cm³/mol. The van der Waals surface area contributed by atoms with E-state index in [0.29, 0.717) is 5.56 Å². The van der Waals surface area contributed by atoms with Crippen molar-refractivity contribution in [2.75, 3.05) is 0 Å². The maximum atomic E-state index is 11.4. The second kappa shape index (κ2) is 4.46. The Kier molecular flexibility index (Phi) is 2.56. The van der Waals surface area contributed by atoms with Gasteiger partial charge in [0.15, 0.2) is 0 Å². The molecule has 4 rings (SSSR count). The fraction of sp³-hybridized carbons (Fsp3) is 0.0588. The lowest BCUT2D eigenvalue weighted by atomic mass is 10.1. The largest absolute Gasteiger partial charge is 0.366 e. The van der Waals surface area contributed by atoms with Crippen LogP contribution in [0, 0.1) is 0 Å². The molecule has 4 aromatic rings. The average molecular weight is 290 g/mol. The van der Waals surface area contributed by atoms with E-state index in [2.05, 4.69) is 16.0 Å². The molecule has 0 radical (unpaired) electrons. The quantitative estimate of drug-likeness (QED) is 0.595. The Morgan fingerprint density at radius 2 is 2.14 bits per heavy atom. The van der Waals surface area contributed by atoms with Crippen molar-refractivity contribution in [3.05, 3.63) is 54.4 Å². The van der Waals surface area contributed by atoms with Crippen LogP contribution in [0.3, 0.4) is 0 Å². The summed E-state index contributed by atoms with van der Waals surface area (Å²) in [6, 6.07) is 11.5. The van der Waals surface area contributed by atoms with E-state index in [1.54, 1.807) is 12.3 Å². The van der Waals surface area contributed by atoms with Crippen LogP contribution in [0.1, 0.15) is 10.4 Å². The summed E-state index contributed by atoms with van der Waals surface area (Å²) in [6.07, 6.45) is 3.80. The van der Waals surface area contributed by atoms with E-state index < -0.39 is 5.91 Å². The predicted octanol–water partition coefficient (Wildman–Crippen LogP) is 2.82. The summed E-state index contributed by atoms with van der Waals surface area (Å²) in [4.78, 5) is 19.1. The van der Waals surface area contributed by atoms with Crippen LogP contribution in [0.2, 0.25) is 0 Å². The zero-order chi connectivity index (χ0) is 15.3. The number of hydrogen-bond acceptors (Lipinski definition) is 2. The molecule has 0 spiro atoms. The number of benzene rings is 1. The van der Waals surface area contributed by atoms with Gasteiger partial charge in [-0.2, -0.15) is 0 Å². The topological polar surface area (TPSA) is 76.7 Å². The van der Waals surface area contributed by atoms with Gasteiger partial charge in [0.1, 0.15) is 5.65 Å². The van der Waals surface area contributed by atoms with Crippen molar-refractivity contribution in [2.24, 2.45) is 12.8 Å². The molecule has 3 heterocycles. The molecule has 1 amide bonds. The molecule has 0 saturated heterocycles. The number of nitrogens with two attached hydrogens (primary N) is 1. The molecule has 3 aromatic heterocycles. The van der Waals surface area contributed by atoms with Gasteiger partial charge in [-0.3, -0.25) is 4.79 Å². The number of hydrogen-bond donors (Lipinski definition) is 2. The fourth-order valence-electron chi connectivity index (χ4n) is 2.86. The highest BCUT2D eigenvalue weighted by atomic mass is 16.1. The van der Waals surface area contributed by atoms with Crippen molar-refractivity contribution in [2.45, 2.75) is 0 Å². The maximum absolute atomic E-state index is 11.4. The van der Waals surface area contributed by atoms with Gasteiger partial charge in [-0.15, -0.1) is 0 Å². The molecule has 1 aromatic carbocycles. The van der Waals surface area contributed by atoms with Crippen LogP contribution in [-0.2, 0) is 7.05 Å². The number of H-pyrrole nitrogens is 1. The van der Waals surface area contributed by atoms with Gasteiger partial charge in [0.05, 0.1) is 0 Å². The van der Waals surface area contributed by atoms with Crippen molar-refractivity contribution in [1.29, 1.82) is 0 Å². The van der Waals surface area contributed by atoms with E-state index in [-0.39, 0.29) is 0 Å². The molecule has 0 aliphatic heterocycles. The first-order valence-corrected chi connectivity index (χ1v) is 6.96. The lowest BCUT2D eigenvalue weighted by Gasteiger charge is -1.99. The summed E-state index contributed by atoms with van der Waals surface area (Å²) in [6.45, 7) is 0. The molecule has 0 atom stereocenters. The highest BCUT2D eigenvalue weighted by molar-refractivity contribution is 6.03. The number of nitrogens with one attached hydrogen (secondary N) is 1. The number of primary amides is 1. The van der Waals surface area contributed by atoms with Gasteiger partial charge in [0.2, 0.25) is 5.91 Å². The van der Waals surface area contributed by atoms with E-state index in [4.69, 9.17) is 5.73 Å². The Bertz CT molecular complexity index is 993. The number of rotatable bonds is 2. The van der Waals surface area contributed by atoms with E-state index in [9.17, 15) is 4.79 Å². The van der Waals surface area contributed by atoms with Crippen molar-refractivity contribution in [3.63, 3.8) is 0 Å². The van der Waals surface area contributed by atoms with Gasteiger partial charge in [-0.05, 0) is 36.4 Å². The van der Waals surface area contributed by atoms with Crippen molar-refractivity contribution >= 4 is 27.8 Å². The summed E-state index contributed by atoms with van der Waals surface area (Å²) in [7, 11) is 1.98. The fourth-order valence-corrected chi connectivity index (χ4v) is 2.86. The van der Waals surface area contributed by atoms with Gasteiger partial charge in [0.25, 0.3) is 0 Å². The number of fused-ring (bicyclic) bond motifs is 2. The molecule has 108 valence electrons. The zero-order valence-electron chi connectivity index (χ0n) is 12.0. The summed E-state index contributed by atoms with van der Waals surface area (Å²) in [5, 5.41) is 2.05. The van der Waals surface area contributed by atoms with Crippen molar-refractivity contribution < 1.29 is 4.79 Å². The van der Waals surface area contributed by atoms with Crippen LogP contribution < -0.4 is 5.73 Å². The molecule has 0 fully saturated rings. The SMILES string of the molecule is Cn1cc(-c2cc3cccnc3[nH]2)c2cc(C(N)=O)ccc21. The summed E-state index contributed by atoms with van der Waals surface area (Å²) in [5.41, 5.74) is 9.80. The van der Waals surface area contributed by atoms with Crippen molar-refractivity contribution in [3.8, 4) is 11.3 Å². The number of carbonyl (C=O) groups excluding carboxylic acids is 1. The summed E-state index contributed by atoms with van der Waals surface area (Å²) < 4.78 is 2.04. The van der Waals surface area contributed by atoms with Crippen LogP contribution in [0.15, 0.2) is 48.8 Å². The van der Waals surface area contributed by atoms with Crippen LogP contribution >= 0.6 is 0 Å². The standard InChI is InChI=1S/C17H14N4O/c1-21-9-13(12-7-10(16(18)22)4-5-15(12)21)14-8-11-3-2-6-19-17(11)20-14/h2-9H,1H3,(H2,18,22)(H,19,20). The molecular formula is C17H14N4O. The second-order valence-electron chi connectivity index (χ2n) is 5.37. The molecule has 0 aliphatic carbocycles. The van der Waals surface area contributed by atoms with E-state index in [1.807, 2.05) is 42.1 Å². The van der Waals surface area contributed by atoms with Crippen LogP contribution in [0.5, 0.6) is 0 Å². The first-order chi connectivity index (χ1) is 10.6. The number of nitrogens with zero attached hydrogens (tertiary/aromatic N) is 2. The number of aromatic amines is 1. The van der Waals surface area contributed by atoms with Crippen LogP contribution in [0.4, 0.5) is 0 Å². The molecular weight excluding hydrogens is 276 g/mol. The smallest absolute Gasteiger partial charge is 0.248 e. The van der Waals surface area contributed by atoms with Crippen LogP contribution in [-0.4, -0.2) is 20.4 Å². The van der Waals surface area contributed by atoms with E-state index in [0.717, 1.165) is 33.2 Å². The number of carbonyl (C=O) groups is 1. The third-order valence-corrected chi connectivity index (χ3v) is 3.96. The van der Waals surface area contributed by atoms with Gasteiger partial charge >= 0.3 is 0 Å². The van der Waals surface area contributed by atoms with Crippen LogP contribution in [0.25, 0.3) is 33.2 Å². The van der Waals surface area contributed by atoms with Gasteiger partial charge in [-0.25, -0.2) is 4.98 Å². The first-order valence-electron chi connectivity index (χ1n) is 6.96. The molecule has 0 unspecified atom stereocenters. The third kappa shape index (κ3) is 1.79. The Balaban J connectivity index is 2.00. The molecule has 22 heavy (non-hydrogen) atoms. The minimum atomic E-state index is -0.421. The number of amides is 1. The minimum Gasteiger partial charge on any atom is -0.366 e. The van der Waals surface area contributed by atoms with Gasteiger partial charge in [0, 0.05) is 52.6 Å². The Morgan fingerprint density at radius 1 is 1.27 bits per heavy atom. The minimum absolute atomic E-state index is 0.421. The maximum Gasteiger partial charge on any atom is 0.248 e. The highest BCUT2D eigenvalue weighted by Gasteiger charge is 2.13. The monoisotopic (exact) mass is 290 g/mol. The first kappa shape index (κ1) is 12.6. The molecule has 0 aliphatic rings. The number of aryl methyl sites for hydroxylation is 1. The van der Waals surface area contributed by atoms with Gasteiger partial charge < -0.3 is 15.3 Å². The molecule has 3 N–H and O–H groups in total. The third-order valence-electron chi connectivity index (χ3n) is 3.96. The number of pyridine rings is 1. The molecule has 5 heteroatoms. The molecule has 0 saturated carbocycles. The Morgan fingerprint density at radius 3 is 2.91 bits per heavy atom. The average Bonchev–Trinajstić information content (AvgIpc) is 3.08. The summed E-state index contributed by atoms with van der Waals surface area (Å²) in [5.74, 6) is -0.421.